The van der Waals surface area contributed by atoms with Gasteiger partial charge < -0.3 is 15.3 Å². The summed E-state index contributed by atoms with van der Waals surface area (Å²) in [7, 11) is 2.00. The Balaban J connectivity index is 2.17. The Morgan fingerprint density at radius 2 is 2.33 bits per heavy atom. The highest BCUT2D eigenvalue weighted by Crippen LogP contribution is 2.27. The maximum absolute atomic E-state index is 13.8. The van der Waals surface area contributed by atoms with E-state index < -0.39 is 28.0 Å². The highest BCUT2D eigenvalue weighted by molar-refractivity contribution is 5.93. The van der Waals surface area contributed by atoms with Gasteiger partial charge in [-0.1, -0.05) is 0 Å². The first kappa shape index (κ1) is 15.2. The van der Waals surface area contributed by atoms with Crippen molar-refractivity contribution in [2.24, 2.45) is 5.92 Å². The number of likely N-dealkylation sites (tertiary alicyclic amines) is 1. The Labute approximate surface area is 120 Å². The van der Waals surface area contributed by atoms with Gasteiger partial charge in [0.2, 0.25) is 0 Å². The van der Waals surface area contributed by atoms with Crippen molar-refractivity contribution >= 4 is 17.3 Å². The van der Waals surface area contributed by atoms with Gasteiger partial charge in [0, 0.05) is 13.1 Å². The van der Waals surface area contributed by atoms with Gasteiger partial charge in [0.15, 0.2) is 5.82 Å². The first-order valence-corrected chi connectivity index (χ1v) is 6.52. The molecule has 0 spiro atoms. The number of carbonyl (C=O) groups is 1. The molecule has 1 aliphatic heterocycles. The summed E-state index contributed by atoms with van der Waals surface area (Å²) in [5, 5.41) is 22.6. The molecule has 0 aliphatic carbocycles. The molecule has 0 saturated carbocycles. The van der Waals surface area contributed by atoms with Crippen LogP contribution in [-0.2, 0) is 0 Å². The number of hydrogen-bond acceptors (Lipinski definition) is 5. The molecule has 0 bridgehead atoms. The fraction of sp³-hybridized carbons (Fsp3) is 0.462. The predicted octanol–water partition coefficient (Wildman–Crippen LogP) is 1.80. The van der Waals surface area contributed by atoms with Crippen molar-refractivity contribution in [3.8, 4) is 0 Å². The van der Waals surface area contributed by atoms with Crippen molar-refractivity contribution in [2.45, 2.75) is 6.42 Å². The van der Waals surface area contributed by atoms with Crippen molar-refractivity contribution in [1.82, 2.24) is 4.90 Å². The van der Waals surface area contributed by atoms with Crippen LogP contribution in [0.3, 0.4) is 0 Å². The third kappa shape index (κ3) is 3.46. The summed E-state index contributed by atoms with van der Waals surface area (Å²) in [5.41, 5.74) is -1.29. The molecule has 1 aromatic rings. The maximum Gasteiger partial charge on any atom is 0.342 e. The zero-order valence-electron chi connectivity index (χ0n) is 11.5. The Morgan fingerprint density at radius 1 is 1.62 bits per heavy atom. The second kappa shape index (κ2) is 6.04. The summed E-state index contributed by atoms with van der Waals surface area (Å²) in [6, 6.07) is 1.63. The van der Waals surface area contributed by atoms with E-state index >= 15 is 0 Å². The van der Waals surface area contributed by atoms with Gasteiger partial charge in [-0.15, -0.1) is 0 Å². The minimum atomic E-state index is -1.45. The van der Waals surface area contributed by atoms with Crippen molar-refractivity contribution in [3.05, 3.63) is 33.6 Å². The van der Waals surface area contributed by atoms with Crippen LogP contribution in [0.2, 0.25) is 0 Å². The van der Waals surface area contributed by atoms with Crippen molar-refractivity contribution in [3.63, 3.8) is 0 Å². The lowest BCUT2D eigenvalue weighted by Gasteiger charge is -2.13. The molecule has 1 saturated heterocycles. The van der Waals surface area contributed by atoms with Crippen LogP contribution in [0, 0.1) is 21.8 Å². The Morgan fingerprint density at radius 3 is 2.86 bits per heavy atom. The number of nitro benzene ring substituents is 1. The van der Waals surface area contributed by atoms with E-state index in [1.165, 1.54) is 0 Å². The van der Waals surface area contributed by atoms with E-state index in [1.54, 1.807) is 0 Å². The van der Waals surface area contributed by atoms with Gasteiger partial charge in [-0.2, -0.15) is 0 Å². The van der Waals surface area contributed by atoms with Gasteiger partial charge in [0.05, 0.1) is 16.7 Å². The van der Waals surface area contributed by atoms with Crippen LogP contribution in [-0.4, -0.2) is 47.6 Å². The average molecular weight is 297 g/mol. The molecule has 1 atom stereocenters. The molecule has 2 rings (SSSR count). The van der Waals surface area contributed by atoms with Crippen molar-refractivity contribution in [1.29, 1.82) is 0 Å². The van der Waals surface area contributed by atoms with E-state index in [0.29, 0.717) is 18.5 Å². The Bertz CT molecular complexity index is 579. The zero-order chi connectivity index (χ0) is 15.6. The summed E-state index contributed by atoms with van der Waals surface area (Å²) < 4.78 is 13.8. The van der Waals surface area contributed by atoms with Crippen LogP contribution in [0.25, 0.3) is 0 Å². The SMILES string of the molecule is CN1CCC(CNc2cc(C(=O)O)c([N+](=O)[O-])cc2F)C1. The molecule has 1 unspecified atom stereocenters. The summed E-state index contributed by atoms with van der Waals surface area (Å²) in [4.78, 5) is 23.0. The Hall–Kier alpha value is -2.22. The lowest BCUT2D eigenvalue weighted by molar-refractivity contribution is -0.385. The van der Waals surface area contributed by atoms with E-state index in [4.69, 9.17) is 5.11 Å². The lowest BCUT2D eigenvalue weighted by atomic mass is 10.1. The molecule has 0 radical (unpaired) electrons. The number of nitrogens with zero attached hydrogens (tertiary/aromatic N) is 2. The average Bonchev–Trinajstić information content (AvgIpc) is 2.82. The van der Waals surface area contributed by atoms with Crippen LogP contribution in [0.1, 0.15) is 16.8 Å². The first-order valence-electron chi connectivity index (χ1n) is 6.52. The second-order valence-corrected chi connectivity index (χ2v) is 5.21. The minimum Gasteiger partial charge on any atom is -0.477 e. The fourth-order valence-corrected chi connectivity index (χ4v) is 2.47. The topological polar surface area (TPSA) is 95.7 Å². The van der Waals surface area contributed by atoms with Crippen LogP contribution < -0.4 is 5.32 Å². The van der Waals surface area contributed by atoms with Crippen LogP contribution >= 0.6 is 0 Å². The fourth-order valence-electron chi connectivity index (χ4n) is 2.47. The van der Waals surface area contributed by atoms with E-state index in [2.05, 4.69) is 10.2 Å². The minimum absolute atomic E-state index is 0.0208. The zero-order valence-corrected chi connectivity index (χ0v) is 11.5. The molecule has 1 aliphatic rings. The normalized spacial score (nSPS) is 18.7. The number of hydrogen-bond donors (Lipinski definition) is 2. The largest absolute Gasteiger partial charge is 0.477 e. The van der Waals surface area contributed by atoms with Crippen LogP contribution in [0.15, 0.2) is 12.1 Å². The highest BCUT2D eigenvalue weighted by atomic mass is 19.1. The smallest absolute Gasteiger partial charge is 0.342 e. The van der Waals surface area contributed by atoms with Gasteiger partial charge in [-0.25, -0.2) is 9.18 Å². The third-order valence-electron chi connectivity index (χ3n) is 3.58. The van der Waals surface area contributed by atoms with Gasteiger partial charge in [0.25, 0.3) is 5.69 Å². The molecule has 114 valence electrons. The molecule has 0 aromatic heterocycles. The second-order valence-electron chi connectivity index (χ2n) is 5.21. The number of anilines is 1. The van der Waals surface area contributed by atoms with Gasteiger partial charge in [-0.3, -0.25) is 10.1 Å². The molecule has 1 aromatic carbocycles. The number of aromatic carboxylic acids is 1. The monoisotopic (exact) mass is 297 g/mol. The number of halogens is 1. The van der Waals surface area contributed by atoms with Gasteiger partial charge in [0.1, 0.15) is 5.56 Å². The molecule has 8 heteroatoms. The molecule has 7 nitrogen and oxygen atoms in total. The molecule has 1 fully saturated rings. The first-order chi connectivity index (χ1) is 9.88. The maximum atomic E-state index is 13.8. The number of nitro groups is 1. The molecule has 0 amide bonds. The number of nitrogens with one attached hydrogen (secondary N) is 1. The predicted molar refractivity (Wildman–Crippen MR) is 74.1 cm³/mol. The summed E-state index contributed by atoms with van der Waals surface area (Å²) in [6.07, 6.45) is 0.976. The molecular weight excluding hydrogens is 281 g/mol. The molecular formula is C13H16FN3O4. The number of rotatable bonds is 5. The molecule has 1 heterocycles. The summed E-state index contributed by atoms with van der Waals surface area (Å²) in [6.45, 7) is 2.35. The van der Waals surface area contributed by atoms with Crippen LogP contribution in [0.5, 0.6) is 0 Å². The number of carboxylic acid groups (broad SMARTS) is 1. The quantitative estimate of drug-likeness (QED) is 0.635. The number of benzene rings is 1. The lowest BCUT2D eigenvalue weighted by Crippen LogP contribution is -2.19. The van der Waals surface area contributed by atoms with E-state index in [0.717, 1.165) is 25.6 Å². The van der Waals surface area contributed by atoms with Crippen molar-refractivity contribution < 1.29 is 19.2 Å². The molecule has 21 heavy (non-hydrogen) atoms. The van der Waals surface area contributed by atoms with Gasteiger partial charge in [-0.05, 0) is 32.0 Å². The molecule has 2 N–H and O–H groups in total. The van der Waals surface area contributed by atoms with E-state index in [1.807, 2.05) is 7.05 Å². The van der Waals surface area contributed by atoms with E-state index in [-0.39, 0.29) is 5.69 Å². The van der Waals surface area contributed by atoms with Gasteiger partial charge >= 0.3 is 5.97 Å². The van der Waals surface area contributed by atoms with Crippen molar-refractivity contribution in [2.75, 3.05) is 32.0 Å². The number of carboxylic acids is 1. The third-order valence-corrected chi connectivity index (χ3v) is 3.58. The standard InChI is InChI=1S/C13H16FN3O4/c1-16-3-2-8(7-16)6-15-11-4-9(13(18)19)12(17(20)21)5-10(11)14/h4-5,8,15H,2-3,6-7H2,1H3,(H,18,19). The summed E-state index contributed by atoms with van der Waals surface area (Å²) in [5.74, 6) is -1.93. The Kier molecular flexibility index (Phi) is 4.37. The van der Waals surface area contributed by atoms with E-state index in [9.17, 15) is 19.3 Å². The summed E-state index contributed by atoms with van der Waals surface area (Å²) >= 11 is 0. The highest BCUT2D eigenvalue weighted by Gasteiger charge is 2.24. The van der Waals surface area contributed by atoms with Crippen LogP contribution in [0.4, 0.5) is 15.8 Å².